The maximum Gasteiger partial charge on any atom is 0.0174 e. The van der Waals surface area contributed by atoms with Crippen LogP contribution in [0.5, 0.6) is 0 Å². The van der Waals surface area contributed by atoms with Crippen molar-refractivity contribution in [3.05, 3.63) is 0 Å². The van der Waals surface area contributed by atoms with Gasteiger partial charge < -0.3 is 0 Å². The van der Waals surface area contributed by atoms with Gasteiger partial charge in [0.2, 0.25) is 0 Å². The highest BCUT2D eigenvalue weighted by atomic mass is 15.6. The van der Waals surface area contributed by atoms with E-state index in [2.05, 4.69) is 17.1 Å². The maximum absolute atomic E-state index is 2.44. The lowest BCUT2D eigenvalue weighted by Gasteiger charge is -2.23. The molecule has 2 fully saturated rings. The van der Waals surface area contributed by atoms with Gasteiger partial charge in [-0.1, -0.05) is 0 Å². The maximum atomic E-state index is 2.44. The zero-order valence-corrected chi connectivity index (χ0v) is 5.30. The molecule has 2 unspecified atom stereocenters. The number of rotatable bonds is 0. The monoisotopic (exact) mass is 112 g/mol. The van der Waals surface area contributed by atoms with E-state index >= 15 is 0 Å². The van der Waals surface area contributed by atoms with Gasteiger partial charge in [0.1, 0.15) is 0 Å². The fourth-order valence-electron chi connectivity index (χ4n) is 1.76. The molecule has 46 valence electrons. The van der Waals surface area contributed by atoms with Gasteiger partial charge in [-0.15, -0.1) is 0 Å². The lowest BCUT2D eigenvalue weighted by Crippen LogP contribution is -2.34. The van der Waals surface area contributed by atoms with Crippen LogP contribution in [0.1, 0.15) is 6.42 Å². The van der Waals surface area contributed by atoms with E-state index < -0.39 is 0 Å². The van der Waals surface area contributed by atoms with Gasteiger partial charge in [-0.25, -0.2) is 10.0 Å². The van der Waals surface area contributed by atoms with Crippen molar-refractivity contribution < 1.29 is 0 Å². The predicted octanol–water partition coefficient (Wildman–Crippen LogP) is 0.169. The highest BCUT2D eigenvalue weighted by Gasteiger charge is 2.32. The van der Waals surface area contributed by atoms with Gasteiger partial charge in [-0.05, 0) is 12.3 Å². The molecule has 0 aromatic heterocycles. The number of hydrazine groups is 1. The number of hydrogen-bond acceptors (Lipinski definition) is 2. The molecule has 2 heteroatoms. The number of hydrogen-bond donors (Lipinski definition) is 0. The van der Waals surface area contributed by atoms with E-state index in [0.717, 1.165) is 5.92 Å². The summed E-state index contributed by atoms with van der Waals surface area (Å²) in [5.41, 5.74) is 0. The van der Waals surface area contributed by atoms with Gasteiger partial charge in [0.05, 0.1) is 0 Å². The van der Waals surface area contributed by atoms with Crippen molar-refractivity contribution in [3.63, 3.8) is 0 Å². The van der Waals surface area contributed by atoms with Crippen molar-refractivity contribution in [2.45, 2.75) is 6.42 Å². The lowest BCUT2D eigenvalue weighted by atomic mass is 10.1. The van der Waals surface area contributed by atoms with Crippen LogP contribution in [0.4, 0.5) is 0 Å². The summed E-state index contributed by atoms with van der Waals surface area (Å²) in [6.07, 6.45) is 1.43. The standard InChI is InChI=1S/C6H12N2/c1-7-4-6-2-3-8(7)5-6/h6H,2-5H2,1H3. The summed E-state index contributed by atoms with van der Waals surface area (Å²) in [5.74, 6) is 1.000. The zero-order chi connectivity index (χ0) is 5.56. The van der Waals surface area contributed by atoms with E-state index in [1.807, 2.05) is 0 Å². The Kier molecular flexibility index (Phi) is 0.866. The quantitative estimate of drug-likeness (QED) is 0.440. The van der Waals surface area contributed by atoms with Gasteiger partial charge in [0.15, 0.2) is 0 Å². The largest absolute Gasteiger partial charge is 0.245 e. The molecule has 8 heavy (non-hydrogen) atoms. The molecule has 0 N–H and O–H groups in total. The van der Waals surface area contributed by atoms with E-state index in [1.54, 1.807) is 0 Å². The highest BCUT2D eigenvalue weighted by Crippen LogP contribution is 2.25. The summed E-state index contributed by atoms with van der Waals surface area (Å²) in [5, 5.41) is 4.78. The molecule has 2 atom stereocenters. The van der Waals surface area contributed by atoms with Crippen LogP contribution in [0.15, 0.2) is 0 Å². The third kappa shape index (κ3) is 0.501. The average Bonchev–Trinajstić information content (AvgIpc) is 2.23. The highest BCUT2D eigenvalue weighted by molar-refractivity contribution is 4.81. The fraction of sp³-hybridized carbons (Fsp3) is 1.00. The summed E-state index contributed by atoms with van der Waals surface area (Å²) < 4.78 is 0. The molecule has 0 radical (unpaired) electrons. The summed E-state index contributed by atoms with van der Waals surface area (Å²) in [4.78, 5) is 0. The lowest BCUT2D eigenvalue weighted by molar-refractivity contribution is 0.0529. The SMILES string of the molecule is CN1CC2CCN1C2. The second kappa shape index (κ2) is 1.45. The Labute approximate surface area is 50.0 Å². The smallest absolute Gasteiger partial charge is 0.0174 e. The molecule has 2 rings (SSSR count). The number of nitrogens with zero attached hydrogens (tertiary/aromatic N) is 2. The molecule has 2 nitrogen and oxygen atoms in total. The number of fused-ring (bicyclic) bond motifs is 2. The normalized spacial score (nSPS) is 46.1. The van der Waals surface area contributed by atoms with Crippen LogP contribution >= 0.6 is 0 Å². The molecule has 2 heterocycles. The summed E-state index contributed by atoms with van der Waals surface area (Å²) in [7, 11) is 2.18. The first kappa shape index (κ1) is 4.77. The van der Waals surface area contributed by atoms with Gasteiger partial charge in [-0.3, -0.25) is 0 Å². The van der Waals surface area contributed by atoms with E-state index in [1.165, 1.54) is 26.1 Å². The molecule has 0 aliphatic carbocycles. The minimum absolute atomic E-state index is 1.000. The van der Waals surface area contributed by atoms with Crippen LogP contribution in [-0.2, 0) is 0 Å². The Bertz CT molecular complexity index is 101. The minimum atomic E-state index is 1.000. The average molecular weight is 112 g/mol. The second-order valence-corrected chi connectivity index (χ2v) is 2.91. The van der Waals surface area contributed by atoms with Gasteiger partial charge in [0.25, 0.3) is 0 Å². The Morgan fingerprint density at radius 1 is 1.38 bits per heavy atom. The second-order valence-electron chi connectivity index (χ2n) is 2.91. The molecule has 0 spiro atoms. The van der Waals surface area contributed by atoms with Crippen LogP contribution in [0.3, 0.4) is 0 Å². The van der Waals surface area contributed by atoms with Crippen LogP contribution in [0.2, 0.25) is 0 Å². The van der Waals surface area contributed by atoms with E-state index in [4.69, 9.17) is 0 Å². The van der Waals surface area contributed by atoms with Crippen LogP contribution in [0.25, 0.3) is 0 Å². The molecule has 2 saturated heterocycles. The Balaban J connectivity index is 2.11. The van der Waals surface area contributed by atoms with E-state index in [0.29, 0.717) is 0 Å². The van der Waals surface area contributed by atoms with Gasteiger partial charge in [0, 0.05) is 26.7 Å². The van der Waals surface area contributed by atoms with Crippen molar-refractivity contribution in [2.24, 2.45) is 5.92 Å². The van der Waals surface area contributed by atoms with Gasteiger partial charge in [-0.2, -0.15) is 0 Å². The summed E-state index contributed by atoms with van der Waals surface area (Å²) in [6, 6.07) is 0. The third-order valence-corrected chi connectivity index (χ3v) is 2.27. The summed E-state index contributed by atoms with van der Waals surface area (Å²) in [6.45, 7) is 3.94. The molecule has 0 aromatic rings. The zero-order valence-electron chi connectivity index (χ0n) is 5.30. The van der Waals surface area contributed by atoms with Crippen LogP contribution < -0.4 is 0 Å². The van der Waals surface area contributed by atoms with E-state index in [9.17, 15) is 0 Å². The predicted molar refractivity (Wildman–Crippen MR) is 32.3 cm³/mol. The molecule has 0 saturated carbocycles. The third-order valence-electron chi connectivity index (χ3n) is 2.27. The Hall–Kier alpha value is -0.0800. The molecule has 2 aliphatic heterocycles. The molecular formula is C6H12N2. The van der Waals surface area contributed by atoms with E-state index in [-0.39, 0.29) is 0 Å². The summed E-state index contributed by atoms with van der Waals surface area (Å²) >= 11 is 0. The molecule has 0 amide bonds. The van der Waals surface area contributed by atoms with Crippen molar-refractivity contribution in [1.82, 2.24) is 10.0 Å². The fourth-order valence-corrected chi connectivity index (χ4v) is 1.76. The Morgan fingerprint density at radius 2 is 2.25 bits per heavy atom. The first-order chi connectivity index (χ1) is 3.86. The Morgan fingerprint density at radius 3 is 2.50 bits per heavy atom. The van der Waals surface area contributed by atoms with Crippen molar-refractivity contribution in [2.75, 3.05) is 26.7 Å². The van der Waals surface area contributed by atoms with Crippen molar-refractivity contribution in [1.29, 1.82) is 0 Å². The first-order valence-electron chi connectivity index (χ1n) is 3.32. The van der Waals surface area contributed by atoms with Gasteiger partial charge >= 0.3 is 0 Å². The van der Waals surface area contributed by atoms with Crippen LogP contribution in [-0.4, -0.2) is 36.7 Å². The molecular weight excluding hydrogens is 100 g/mol. The minimum Gasteiger partial charge on any atom is -0.245 e. The van der Waals surface area contributed by atoms with Crippen molar-refractivity contribution >= 4 is 0 Å². The molecule has 2 aliphatic rings. The van der Waals surface area contributed by atoms with Crippen LogP contribution in [0, 0.1) is 5.92 Å². The molecule has 0 aromatic carbocycles. The van der Waals surface area contributed by atoms with Crippen molar-refractivity contribution in [3.8, 4) is 0 Å². The first-order valence-corrected chi connectivity index (χ1v) is 3.32. The molecule has 2 bridgehead atoms. The topological polar surface area (TPSA) is 6.48 Å².